The van der Waals surface area contributed by atoms with Crippen molar-refractivity contribution in [1.82, 2.24) is 0 Å². The molecule has 124 valence electrons. The number of ether oxygens (including phenoxy) is 3. The molecule has 0 bridgehead atoms. The Hall–Kier alpha value is -2.73. The van der Waals surface area contributed by atoms with Crippen LogP contribution in [0, 0.1) is 0 Å². The number of halogens is 1. The lowest BCUT2D eigenvalue weighted by Gasteiger charge is -2.19. The summed E-state index contributed by atoms with van der Waals surface area (Å²) in [7, 11) is 0. The number of anilines is 1. The normalized spacial score (nSPS) is 12.4. The van der Waals surface area contributed by atoms with E-state index in [1.165, 1.54) is 6.07 Å². The van der Waals surface area contributed by atoms with Gasteiger partial charge in [-0.1, -0.05) is 17.7 Å². The van der Waals surface area contributed by atoms with Crippen molar-refractivity contribution in [2.24, 2.45) is 0 Å². The van der Waals surface area contributed by atoms with Crippen molar-refractivity contribution in [3.05, 3.63) is 53.1 Å². The third kappa shape index (κ3) is 3.97. The number of carbonyl (C=O) groups excluding carboxylic acids is 2. The molecule has 0 aliphatic carbocycles. The molecule has 1 aliphatic rings. The smallest absolute Gasteiger partial charge is 0.338 e. The molecule has 0 unspecified atom stereocenters. The maximum Gasteiger partial charge on any atom is 0.338 e. The third-order valence-corrected chi connectivity index (χ3v) is 3.46. The fraction of sp³-hybridized carbons (Fsp3) is 0.176. The number of rotatable bonds is 4. The van der Waals surface area contributed by atoms with Crippen molar-refractivity contribution in [1.29, 1.82) is 0 Å². The highest BCUT2D eigenvalue weighted by molar-refractivity contribution is 6.30. The summed E-state index contributed by atoms with van der Waals surface area (Å²) in [5.41, 5.74) is 0.817. The SMILES string of the molecule is O=C(COC(=O)c1cccc(Cl)c1)Nc1ccc2c(c1)OCCO2. The molecule has 2 aromatic carbocycles. The Morgan fingerprint density at radius 1 is 1.08 bits per heavy atom. The second kappa shape index (κ2) is 7.23. The lowest BCUT2D eigenvalue weighted by Crippen LogP contribution is -2.21. The van der Waals surface area contributed by atoms with E-state index in [0.29, 0.717) is 35.4 Å². The topological polar surface area (TPSA) is 73.9 Å². The fourth-order valence-electron chi connectivity index (χ4n) is 2.15. The first-order valence-corrected chi connectivity index (χ1v) is 7.62. The minimum atomic E-state index is -0.616. The van der Waals surface area contributed by atoms with E-state index in [1.807, 2.05) is 0 Å². The Kier molecular flexibility index (Phi) is 4.86. The van der Waals surface area contributed by atoms with Gasteiger partial charge in [0.15, 0.2) is 18.1 Å². The molecule has 0 atom stereocenters. The Labute approximate surface area is 143 Å². The van der Waals surface area contributed by atoms with Crippen LogP contribution in [0.25, 0.3) is 0 Å². The van der Waals surface area contributed by atoms with E-state index in [1.54, 1.807) is 36.4 Å². The first-order valence-electron chi connectivity index (χ1n) is 7.24. The highest BCUT2D eigenvalue weighted by Crippen LogP contribution is 2.32. The molecule has 0 fully saturated rings. The van der Waals surface area contributed by atoms with E-state index < -0.39 is 18.5 Å². The van der Waals surface area contributed by atoms with E-state index in [9.17, 15) is 9.59 Å². The van der Waals surface area contributed by atoms with E-state index in [4.69, 9.17) is 25.8 Å². The van der Waals surface area contributed by atoms with Crippen LogP contribution in [0.3, 0.4) is 0 Å². The number of benzene rings is 2. The molecule has 0 saturated carbocycles. The molecule has 2 aromatic rings. The first kappa shape index (κ1) is 16.1. The van der Waals surface area contributed by atoms with Gasteiger partial charge in [0.1, 0.15) is 13.2 Å². The van der Waals surface area contributed by atoms with Crippen LogP contribution in [-0.2, 0) is 9.53 Å². The van der Waals surface area contributed by atoms with E-state index in [0.717, 1.165) is 0 Å². The van der Waals surface area contributed by atoms with Crippen LogP contribution in [0.4, 0.5) is 5.69 Å². The lowest BCUT2D eigenvalue weighted by molar-refractivity contribution is -0.119. The highest BCUT2D eigenvalue weighted by atomic mass is 35.5. The third-order valence-electron chi connectivity index (χ3n) is 3.22. The summed E-state index contributed by atoms with van der Waals surface area (Å²) in [5, 5.41) is 3.05. The van der Waals surface area contributed by atoms with E-state index in [-0.39, 0.29) is 5.56 Å². The number of amides is 1. The maximum atomic E-state index is 11.9. The van der Waals surface area contributed by atoms with E-state index >= 15 is 0 Å². The monoisotopic (exact) mass is 347 g/mol. The molecule has 1 aliphatic heterocycles. The molecule has 1 heterocycles. The van der Waals surface area contributed by atoms with Crippen LogP contribution in [-0.4, -0.2) is 31.7 Å². The largest absolute Gasteiger partial charge is 0.486 e. The molecule has 0 radical (unpaired) electrons. The minimum Gasteiger partial charge on any atom is -0.486 e. The molecular weight excluding hydrogens is 334 g/mol. The molecule has 0 aromatic heterocycles. The van der Waals surface area contributed by atoms with Gasteiger partial charge in [0.25, 0.3) is 5.91 Å². The van der Waals surface area contributed by atoms with Gasteiger partial charge in [0.05, 0.1) is 5.56 Å². The summed E-state index contributed by atoms with van der Waals surface area (Å²) in [6.45, 7) is 0.555. The predicted molar refractivity (Wildman–Crippen MR) is 87.8 cm³/mol. The van der Waals surface area contributed by atoms with Gasteiger partial charge in [0.2, 0.25) is 0 Å². The summed E-state index contributed by atoms with van der Waals surface area (Å²) in [5.74, 6) is 0.124. The van der Waals surface area contributed by atoms with Crippen molar-refractivity contribution >= 4 is 29.2 Å². The van der Waals surface area contributed by atoms with Crippen molar-refractivity contribution in [3.63, 3.8) is 0 Å². The number of esters is 1. The van der Waals surface area contributed by atoms with Crippen LogP contribution in [0.15, 0.2) is 42.5 Å². The molecule has 6 nitrogen and oxygen atoms in total. The van der Waals surface area contributed by atoms with E-state index in [2.05, 4.69) is 5.32 Å². The fourth-order valence-corrected chi connectivity index (χ4v) is 2.34. The molecule has 7 heteroatoms. The Morgan fingerprint density at radius 2 is 1.88 bits per heavy atom. The van der Waals surface area contributed by atoms with Crippen LogP contribution in [0.5, 0.6) is 11.5 Å². The molecule has 1 N–H and O–H groups in total. The molecule has 0 saturated heterocycles. The van der Waals surface area contributed by atoms with Gasteiger partial charge in [-0.25, -0.2) is 4.79 Å². The van der Waals surface area contributed by atoms with Crippen LogP contribution in [0.1, 0.15) is 10.4 Å². The Bertz CT molecular complexity index is 777. The minimum absolute atomic E-state index is 0.287. The van der Waals surface area contributed by atoms with Crippen LogP contribution >= 0.6 is 11.6 Å². The second-order valence-electron chi connectivity index (χ2n) is 4.99. The molecule has 24 heavy (non-hydrogen) atoms. The zero-order chi connectivity index (χ0) is 16.9. The summed E-state index contributed by atoms with van der Waals surface area (Å²) in [4.78, 5) is 23.7. The molecular formula is C17H14ClNO5. The lowest BCUT2D eigenvalue weighted by atomic mass is 10.2. The van der Waals surface area contributed by atoms with Crippen molar-refractivity contribution in [3.8, 4) is 11.5 Å². The Morgan fingerprint density at radius 3 is 2.67 bits per heavy atom. The number of hydrogen-bond donors (Lipinski definition) is 1. The van der Waals surface area contributed by atoms with Crippen LogP contribution in [0.2, 0.25) is 5.02 Å². The van der Waals surface area contributed by atoms with Gasteiger partial charge in [-0.3, -0.25) is 4.79 Å². The second-order valence-corrected chi connectivity index (χ2v) is 5.43. The predicted octanol–water partition coefficient (Wildman–Crippen LogP) is 2.91. The number of hydrogen-bond acceptors (Lipinski definition) is 5. The van der Waals surface area contributed by atoms with Gasteiger partial charge in [0, 0.05) is 16.8 Å². The van der Waals surface area contributed by atoms with Crippen molar-refractivity contribution in [2.75, 3.05) is 25.1 Å². The van der Waals surface area contributed by atoms with Gasteiger partial charge in [-0.2, -0.15) is 0 Å². The van der Waals surface area contributed by atoms with Crippen LogP contribution < -0.4 is 14.8 Å². The quantitative estimate of drug-likeness (QED) is 0.861. The molecule has 1 amide bonds. The first-order chi connectivity index (χ1) is 11.6. The average molecular weight is 348 g/mol. The standard InChI is InChI=1S/C17H14ClNO5/c18-12-3-1-2-11(8-12)17(21)24-10-16(20)19-13-4-5-14-15(9-13)23-7-6-22-14/h1-5,8-9H,6-7,10H2,(H,19,20). The summed E-state index contributed by atoms with van der Waals surface area (Å²) < 4.78 is 15.8. The average Bonchev–Trinajstić information content (AvgIpc) is 2.59. The van der Waals surface area contributed by atoms with Gasteiger partial charge in [-0.15, -0.1) is 0 Å². The van der Waals surface area contributed by atoms with Gasteiger partial charge < -0.3 is 19.5 Å². The zero-order valence-electron chi connectivity index (χ0n) is 12.6. The molecule has 3 rings (SSSR count). The number of carbonyl (C=O) groups is 2. The number of fused-ring (bicyclic) bond motifs is 1. The maximum absolute atomic E-state index is 11.9. The van der Waals surface area contributed by atoms with Gasteiger partial charge >= 0.3 is 5.97 Å². The van der Waals surface area contributed by atoms with Crippen molar-refractivity contribution < 1.29 is 23.8 Å². The highest BCUT2D eigenvalue weighted by Gasteiger charge is 2.14. The number of nitrogens with one attached hydrogen (secondary N) is 1. The van der Waals surface area contributed by atoms with Crippen molar-refractivity contribution in [2.45, 2.75) is 0 Å². The summed E-state index contributed by atoms with van der Waals surface area (Å²) in [6, 6.07) is 11.4. The van der Waals surface area contributed by atoms with Gasteiger partial charge in [-0.05, 0) is 30.3 Å². The summed E-state index contributed by atoms with van der Waals surface area (Å²) >= 11 is 5.81. The summed E-state index contributed by atoms with van der Waals surface area (Å²) in [6.07, 6.45) is 0. The molecule has 0 spiro atoms. The Balaban J connectivity index is 1.55. The zero-order valence-corrected chi connectivity index (χ0v) is 13.3.